The number of aryl methyl sites for hydroxylation is 1. The van der Waals surface area contributed by atoms with Gasteiger partial charge in [0.1, 0.15) is 11.5 Å². The second kappa shape index (κ2) is 6.71. The van der Waals surface area contributed by atoms with Crippen molar-refractivity contribution in [1.29, 1.82) is 0 Å². The van der Waals surface area contributed by atoms with Crippen molar-refractivity contribution < 1.29 is 9.47 Å². The third-order valence-electron chi connectivity index (χ3n) is 3.57. The molecule has 4 heteroatoms. The molecule has 0 aliphatic carbocycles. The van der Waals surface area contributed by atoms with Crippen LogP contribution in [0.5, 0.6) is 11.5 Å². The van der Waals surface area contributed by atoms with Gasteiger partial charge < -0.3 is 9.47 Å². The Morgan fingerprint density at radius 1 is 1.05 bits per heavy atom. The van der Waals surface area contributed by atoms with E-state index in [2.05, 4.69) is 22.0 Å². The second-order valence-corrected chi connectivity index (χ2v) is 6.17. The lowest BCUT2D eigenvalue weighted by atomic mass is 9.96. The maximum absolute atomic E-state index is 6.72. The van der Waals surface area contributed by atoms with Crippen LogP contribution in [0.15, 0.2) is 34.8 Å². The van der Waals surface area contributed by atoms with Crippen LogP contribution in [0.2, 0.25) is 0 Å². The van der Waals surface area contributed by atoms with Crippen LogP contribution in [0.4, 0.5) is 0 Å². The van der Waals surface area contributed by atoms with Gasteiger partial charge in [0, 0.05) is 10.0 Å². The summed E-state index contributed by atoms with van der Waals surface area (Å²) in [5.41, 5.74) is 4.16. The van der Waals surface area contributed by atoms with Gasteiger partial charge in [-0.1, -0.05) is 28.1 Å². The van der Waals surface area contributed by atoms with E-state index in [9.17, 15) is 0 Å². The van der Waals surface area contributed by atoms with Gasteiger partial charge in [-0.25, -0.2) is 0 Å². The first-order valence-corrected chi connectivity index (χ1v) is 7.84. The molecular weight excluding hydrogens is 352 g/mol. The molecular formula is C17H18BrClO2. The average molecular weight is 370 g/mol. The van der Waals surface area contributed by atoms with Gasteiger partial charge in [-0.15, -0.1) is 11.6 Å². The third-order valence-corrected chi connectivity index (χ3v) is 4.87. The normalized spacial score (nSPS) is 12.1. The molecule has 0 fully saturated rings. The van der Waals surface area contributed by atoms with Gasteiger partial charge in [-0.2, -0.15) is 0 Å². The van der Waals surface area contributed by atoms with E-state index in [4.69, 9.17) is 21.1 Å². The predicted molar refractivity (Wildman–Crippen MR) is 90.9 cm³/mol. The minimum Gasteiger partial charge on any atom is -0.497 e. The average Bonchev–Trinajstić information content (AvgIpc) is 2.50. The van der Waals surface area contributed by atoms with Gasteiger partial charge in [0.2, 0.25) is 0 Å². The Kier molecular flexibility index (Phi) is 5.17. The van der Waals surface area contributed by atoms with Crippen LogP contribution in [0, 0.1) is 13.8 Å². The fraction of sp³-hybridized carbons (Fsp3) is 0.294. The highest BCUT2D eigenvalue weighted by atomic mass is 79.9. The molecule has 0 aliphatic heterocycles. The molecule has 0 amide bonds. The van der Waals surface area contributed by atoms with Crippen molar-refractivity contribution in [2.75, 3.05) is 14.2 Å². The van der Waals surface area contributed by atoms with Crippen LogP contribution in [-0.4, -0.2) is 14.2 Å². The molecule has 0 N–H and O–H groups in total. The van der Waals surface area contributed by atoms with Gasteiger partial charge >= 0.3 is 0 Å². The molecule has 0 saturated heterocycles. The van der Waals surface area contributed by atoms with E-state index < -0.39 is 0 Å². The van der Waals surface area contributed by atoms with E-state index in [1.807, 2.05) is 38.1 Å². The van der Waals surface area contributed by atoms with Gasteiger partial charge in [0.25, 0.3) is 0 Å². The van der Waals surface area contributed by atoms with Gasteiger partial charge in [-0.05, 0) is 48.7 Å². The van der Waals surface area contributed by atoms with Crippen molar-refractivity contribution in [2.45, 2.75) is 19.2 Å². The second-order valence-electron chi connectivity index (χ2n) is 4.88. The lowest BCUT2D eigenvalue weighted by molar-refractivity contribution is 0.406. The number of rotatable bonds is 4. The zero-order chi connectivity index (χ0) is 15.6. The quantitative estimate of drug-likeness (QED) is 0.671. The van der Waals surface area contributed by atoms with E-state index in [0.717, 1.165) is 38.2 Å². The Hall–Kier alpha value is -1.19. The van der Waals surface area contributed by atoms with E-state index in [1.54, 1.807) is 14.2 Å². The summed E-state index contributed by atoms with van der Waals surface area (Å²) >= 11 is 10.3. The molecule has 21 heavy (non-hydrogen) atoms. The first-order valence-electron chi connectivity index (χ1n) is 6.61. The molecule has 2 aromatic carbocycles. The third kappa shape index (κ3) is 3.19. The minimum absolute atomic E-state index is 0.276. The molecule has 0 saturated carbocycles. The summed E-state index contributed by atoms with van der Waals surface area (Å²) in [5.74, 6) is 1.66. The Labute approximate surface area is 139 Å². The number of benzene rings is 2. The Morgan fingerprint density at radius 3 is 2.19 bits per heavy atom. The summed E-state index contributed by atoms with van der Waals surface area (Å²) in [5, 5.41) is -0.276. The van der Waals surface area contributed by atoms with Crippen LogP contribution in [0.1, 0.15) is 27.6 Å². The van der Waals surface area contributed by atoms with Gasteiger partial charge in [0.05, 0.1) is 19.6 Å². The van der Waals surface area contributed by atoms with E-state index in [1.165, 1.54) is 0 Å². The molecule has 0 radical (unpaired) electrons. The van der Waals surface area contributed by atoms with E-state index >= 15 is 0 Å². The number of methoxy groups -OCH3 is 2. The number of halogens is 2. The fourth-order valence-corrected chi connectivity index (χ4v) is 3.36. The summed E-state index contributed by atoms with van der Waals surface area (Å²) in [7, 11) is 3.33. The van der Waals surface area contributed by atoms with Crippen molar-refractivity contribution in [3.8, 4) is 11.5 Å². The summed E-state index contributed by atoms with van der Waals surface area (Å²) in [6.07, 6.45) is 0. The Balaban J connectivity index is 2.53. The van der Waals surface area contributed by atoms with Crippen molar-refractivity contribution >= 4 is 27.5 Å². The Morgan fingerprint density at radius 2 is 1.67 bits per heavy atom. The van der Waals surface area contributed by atoms with Gasteiger partial charge in [-0.3, -0.25) is 0 Å². The topological polar surface area (TPSA) is 18.5 Å². The zero-order valence-corrected chi connectivity index (χ0v) is 14.9. The lowest BCUT2D eigenvalue weighted by Gasteiger charge is -2.20. The monoisotopic (exact) mass is 368 g/mol. The highest BCUT2D eigenvalue weighted by Crippen LogP contribution is 2.42. The van der Waals surface area contributed by atoms with Crippen molar-refractivity contribution in [3.63, 3.8) is 0 Å². The maximum Gasteiger partial charge on any atom is 0.127 e. The van der Waals surface area contributed by atoms with Crippen molar-refractivity contribution in [1.82, 2.24) is 0 Å². The highest BCUT2D eigenvalue weighted by Gasteiger charge is 2.21. The smallest absolute Gasteiger partial charge is 0.127 e. The van der Waals surface area contributed by atoms with Crippen LogP contribution in [0.3, 0.4) is 0 Å². The molecule has 112 valence electrons. The summed E-state index contributed by atoms with van der Waals surface area (Å²) in [6, 6.07) is 9.83. The molecule has 2 nitrogen and oxygen atoms in total. The zero-order valence-electron chi connectivity index (χ0n) is 12.5. The fourth-order valence-electron chi connectivity index (χ4n) is 2.39. The first kappa shape index (κ1) is 16.2. The summed E-state index contributed by atoms with van der Waals surface area (Å²) in [4.78, 5) is 0. The Bertz CT molecular complexity index is 638. The molecule has 0 bridgehead atoms. The van der Waals surface area contributed by atoms with Crippen LogP contribution >= 0.6 is 27.5 Å². The number of ether oxygens (including phenoxy) is 2. The minimum atomic E-state index is -0.276. The molecule has 0 heterocycles. The summed E-state index contributed by atoms with van der Waals surface area (Å²) < 4.78 is 11.8. The largest absolute Gasteiger partial charge is 0.497 e. The first-order chi connectivity index (χ1) is 9.99. The molecule has 2 rings (SSSR count). The molecule has 0 aromatic heterocycles. The number of hydrogen-bond acceptors (Lipinski definition) is 2. The lowest BCUT2D eigenvalue weighted by Crippen LogP contribution is -2.03. The van der Waals surface area contributed by atoms with Crippen molar-refractivity contribution in [3.05, 3.63) is 57.1 Å². The molecule has 0 spiro atoms. The summed E-state index contributed by atoms with van der Waals surface area (Å²) in [6.45, 7) is 4.06. The standard InChI is InChI=1S/C17H18BrClO2/c1-10-9-14(18)11(2)15(17(10)21-4)16(19)12-5-7-13(20-3)8-6-12/h5-9,16H,1-4H3. The number of hydrogen-bond donors (Lipinski definition) is 0. The van der Waals surface area contributed by atoms with E-state index in [-0.39, 0.29) is 5.38 Å². The molecule has 0 aliphatic rings. The molecule has 2 aromatic rings. The highest BCUT2D eigenvalue weighted by molar-refractivity contribution is 9.10. The number of alkyl halides is 1. The molecule has 1 atom stereocenters. The van der Waals surface area contributed by atoms with Gasteiger partial charge in [0.15, 0.2) is 0 Å². The van der Waals surface area contributed by atoms with Crippen LogP contribution < -0.4 is 9.47 Å². The van der Waals surface area contributed by atoms with Crippen LogP contribution in [0.25, 0.3) is 0 Å². The molecule has 1 unspecified atom stereocenters. The van der Waals surface area contributed by atoms with E-state index in [0.29, 0.717) is 0 Å². The maximum atomic E-state index is 6.72. The SMILES string of the molecule is COc1ccc(C(Cl)c2c(C)c(Br)cc(C)c2OC)cc1. The predicted octanol–water partition coefficient (Wildman–Crippen LogP) is 5.41. The van der Waals surface area contributed by atoms with Crippen LogP contribution in [-0.2, 0) is 0 Å². The van der Waals surface area contributed by atoms with Crippen molar-refractivity contribution in [2.24, 2.45) is 0 Å².